The zero-order valence-electron chi connectivity index (χ0n) is 10.2. The van der Waals surface area contributed by atoms with Crippen LogP contribution in [-0.4, -0.2) is 11.2 Å². The highest BCUT2D eigenvalue weighted by atomic mass is 14.7. The zero-order chi connectivity index (χ0) is 12.0. The van der Waals surface area contributed by atoms with Crippen molar-refractivity contribution in [3.63, 3.8) is 0 Å². The smallest absolute Gasteiger partial charge is 0.0401 e. The molecule has 2 nitrogen and oxygen atoms in total. The molecular weight excluding hydrogens is 196 g/mol. The van der Waals surface area contributed by atoms with Gasteiger partial charge in [-0.3, -0.25) is 9.98 Å². The van der Waals surface area contributed by atoms with Crippen LogP contribution in [0.3, 0.4) is 0 Å². The van der Waals surface area contributed by atoms with Gasteiger partial charge in [-0.2, -0.15) is 0 Å². The largest absolute Gasteiger partial charge is 0.269 e. The molecular formula is C14H18N2. The summed E-state index contributed by atoms with van der Waals surface area (Å²) < 4.78 is 0. The summed E-state index contributed by atoms with van der Waals surface area (Å²) in [5.41, 5.74) is 4.19. The van der Waals surface area contributed by atoms with Crippen molar-refractivity contribution in [2.24, 2.45) is 4.99 Å². The Balaban J connectivity index is 2.88. The van der Waals surface area contributed by atoms with E-state index in [4.69, 9.17) is 0 Å². The Bertz CT molecular complexity index is 411. The molecule has 0 bridgehead atoms. The van der Waals surface area contributed by atoms with Crippen LogP contribution in [-0.2, 0) is 6.42 Å². The Morgan fingerprint density at radius 3 is 2.75 bits per heavy atom. The highest BCUT2D eigenvalue weighted by Crippen LogP contribution is 2.20. The number of aryl methyl sites for hydroxylation is 1. The molecule has 84 valence electrons. The van der Waals surface area contributed by atoms with Crippen LogP contribution >= 0.6 is 0 Å². The van der Waals surface area contributed by atoms with Crippen molar-refractivity contribution in [2.45, 2.75) is 27.2 Å². The van der Waals surface area contributed by atoms with Gasteiger partial charge in [-0.25, -0.2) is 0 Å². The summed E-state index contributed by atoms with van der Waals surface area (Å²) in [6.45, 7) is 10.0. The zero-order valence-corrected chi connectivity index (χ0v) is 10.2. The quantitative estimate of drug-likeness (QED) is 0.554. The first-order valence-corrected chi connectivity index (χ1v) is 5.48. The number of pyridine rings is 1. The average molecular weight is 214 g/mol. The maximum Gasteiger partial charge on any atom is 0.0401 e. The Hall–Kier alpha value is -1.70. The highest BCUT2D eigenvalue weighted by Gasteiger charge is 2.01. The van der Waals surface area contributed by atoms with Gasteiger partial charge in [0, 0.05) is 24.3 Å². The van der Waals surface area contributed by atoms with Gasteiger partial charge in [0.25, 0.3) is 0 Å². The van der Waals surface area contributed by atoms with Crippen molar-refractivity contribution in [3.05, 3.63) is 47.9 Å². The predicted molar refractivity (Wildman–Crippen MR) is 70.6 cm³/mol. The van der Waals surface area contributed by atoms with Crippen molar-refractivity contribution >= 4 is 11.8 Å². The lowest BCUT2D eigenvalue weighted by Crippen LogP contribution is -1.90. The molecule has 2 heteroatoms. The lowest BCUT2D eigenvalue weighted by atomic mass is 10.0. The average Bonchev–Trinajstić information content (AvgIpc) is 2.35. The molecule has 0 saturated heterocycles. The minimum Gasteiger partial charge on any atom is -0.269 e. The first-order chi connectivity index (χ1) is 7.69. The molecule has 0 spiro atoms. The third-order valence-electron chi connectivity index (χ3n) is 2.43. The molecule has 1 heterocycles. The van der Waals surface area contributed by atoms with Gasteiger partial charge < -0.3 is 0 Å². The van der Waals surface area contributed by atoms with Gasteiger partial charge in [-0.15, -0.1) is 0 Å². The molecule has 0 amide bonds. The van der Waals surface area contributed by atoms with Crippen LogP contribution in [0, 0.1) is 0 Å². The third-order valence-corrected chi connectivity index (χ3v) is 2.43. The number of nitrogens with zero attached hydrogens (tertiary/aromatic N) is 2. The molecule has 16 heavy (non-hydrogen) atoms. The lowest BCUT2D eigenvalue weighted by molar-refractivity contribution is 1.03. The Kier molecular flexibility index (Phi) is 4.65. The Morgan fingerprint density at radius 2 is 2.25 bits per heavy atom. The number of allylic oxidation sites excluding steroid dienone is 2. The van der Waals surface area contributed by atoms with Crippen molar-refractivity contribution in [2.75, 3.05) is 0 Å². The topological polar surface area (TPSA) is 25.2 Å². The first-order valence-electron chi connectivity index (χ1n) is 5.48. The second-order valence-electron chi connectivity index (χ2n) is 3.59. The number of hydrogen-bond acceptors (Lipinski definition) is 2. The first kappa shape index (κ1) is 12.4. The van der Waals surface area contributed by atoms with Crippen LogP contribution < -0.4 is 0 Å². The number of hydrogen-bond donors (Lipinski definition) is 0. The summed E-state index contributed by atoms with van der Waals surface area (Å²) in [6, 6.07) is 4.10. The fourth-order valence-corrected chi connectivity index (χ4v) is 1.30. The number of aromatic nitrogens is 1. The minimum absolute atomic E-state index is 0.960. The van der Waals surface area contributed by atoms with Crippen LogP contribution in [0.2, 0.25) is 0 Å². The monoisotopic (exact) mass is 214 g/mol. The van der Waals surface area contributed by atoms with E-state index in [1.807, 2.05) is 32.3 Å². The van der Waals surface area contributed by atoms with Crippen LogP contribution in [0.15, 0.2) is 41.7 Å². The second-order valence-corrected chi connectivity index (χ2v) is 3.59. The van der Waals surface area contributed by atoms with Gasteiger partial charge in [0.05, 0.1) is 0 Å². The predicted octanol–water partition coefficient (Wildman–Crippen LogP) is 3.65. The molecule has 0 aliphatic heterocycles. The van der Waals surface area contributed by atoms with E-state index in [0.717, 1.165) is 28.8 Å². The van der Waals surface area contributed by atoms with Gasteiger partial charge in [0.2, 0.25) is 0 Å². The van der Waals surface area contributed by atoms with Crippen LogP contribution in [0.1, 0.15) is 32.0 Å². The molecule has 0 aliphatic rings. The van der Waals surface area contributed by atoms with Crippen molar-refractivity contribution in [3.8, 4) is 0 Å². The standard InChI is InChI=1S/C14H18N2/c1-5-14-8-7-13(10-16-14)12(4)11(3)9-15-6-2/h6-10H,4-5H2,1-3H3/b11-9+,15-6?. The van der Waals surface area contributed by atoms with E-state index >= 15 is 0 Å². The van der Waals surface area contributed by atoms with Gasteiger partial charge in [0.15, 0.2) is 0 Å². The van der Waals surface area contributed by atoms with Gasteiger partial charge in [0.1, 0.15) is 0 Å². The second kappa shape index (κ2) is 6.01. The van der Waals surface area contributed by atoms with E-state index in [-0.39, 0.29) is 0 Å². The van der Waals surface area contributed by atoms with Crippen LogP contribution in [0.5, 0.6) is 0 Å². The fourth-order valence-electron chi connectivity index (χ4n) is 1.30. The van der Waals surface area contributed by atoms with Crippen molar-refractivity contribution in [1.29, 1.82) is 0 Å². The summed E-state index contributed by atoms with van der Waals surface area (Å²) in [4.78, 5) is 8.44. The van der Waals surface area contributed by atoms with E-state index < -0.39 is 0 Å². The molecule has 0 atom stereocenters. The summed E-state index contributed by atoms with van der Waals surface area (Å²) in [7, 11) is 0. The Labute approximate surface area is 97.5 Å². The van der Waals surface area contributed by atoms with Crippen molar-refractivity contribution in [1.82, 2.24) is 4.98 Å². The summed E-state index contributed by atoms with van der Waals surface area (Å²) in [5, 5.41) is 0. The SMILES string of the molecule is C=C(/C(C)=C/N=CC)c1ccc(CC)nc1. The molecule has 0 aliphatic carbocycles. The molecule has 1 aromatic rings. The van der Waals surface area contributed by atoms with E-state index in [1.165, 1.54) is 0 Å². The molecule has 0 aromatic carbocycles. The molecule has 1 rings (SSSR count). The summed E-state index contributed by atoms with van der Waals surface area (Å²) in [6.07, 6.45) is 6.40. The Morgan fingerprint density at radius 1 is 1.50 bits per heavy atom. The number of aliphatic imine (C=N–C) groups is 1. The molecule has 0 saturated carbocycles. The fraction of sp³-hybridized carbons (Fsp3) is 0.286. The maximum atomic E-state index is 4.35. The molecule has 0 N–H and O–H groups in total. The van der Waals surface area contributed by atoms with Crippen molar-refractivity contribution < 1.29 is 0 Å². The van der Waals surface area contributed by atoms with Gasteiger partial charge >= 0.3 is 0 Å². The minimum atomic E-state index is 0.960. The van der Waals surface area contributed by atoms with Gasteiger partial charge in [-0.1, -0.05) is 19.6 Å². The summed E-state index contributed by atoms with van der Waals surface area (Å²) in [5.74, 6) is 0. The molecule has 1 aromatic heterocycles. The third kappa shape index (κ3) is 3.16. The number of rotatable bonds is 4. The van der Waals surface area contributed by atoms with E-state index in [1.54, 1.807) is 6.21 Å². The molecule has 0 fully saturated rings. The van der Waals surface area contributed by atoms with E-state index in [2.05, 4.69) is 29.5 Å². The molecule has 0 unspecified atom stereocenters. The maximum absolute atomic E-state index is 4.35. The highest BCUT2D eigenvalue weighted by molar-refractivity contribution is 5.76. The van der Waals surface area contributed by atoms with E-state index in [0.29, 0.717) is 0 Å². The van der Waals surface area contributed by atoms with Crippen LogP contribution in [0.4, 0.5) is 0 Å². The molecule has 0 radical (unpaired) electrons. The van der Waals surface area contributed by atoms with E-state index in [9.17, 15) is 0 Å². The lowest BCUT2D eigenvalue weighted by Gasteiger charge is -2.05. The van der Waals surface area contributed by atoms with Crippen LogP contribution in [0.25, 0.3) is 5.57 Å². The summed E-state index contributed by atoms with van der Waals surface area (Å²) >= 11 is 0. The van der Waals surface area contributed by atoms with Gasteiger partial charge in [-0.05, 0) is 43.0 Å². The normalized spacial score (nSPS) is 12.1.